The van der Waals surface area contributed by atoms with Gasteiger partial charge >= 0.3 is 0 Å². The van der Waals surface area contributed by atoms with Gasteiger partial charge < -0.3 is 10.2 Å². The lowest BCUT2D eigenvalue weighted by Gasteiger charge is -2.33. The van der Waals surface area contributed by atoms with E-state index in [0.717, 1.165) is 30.5 Å². The van der Waals surface area contributed by atoms with Gasteiger partial charge in [-0.15, -0.1) is 0 Å². The summed E-state index contributed by atoms with van der Waals surface area (Å²) in [5.74, 6) is 0.605. The average molecular weight is 453 g/mol. The van der Waals surface area contributed by atoms with Crippen molar-refractivity contribution in [3.63, 3.8) is 0 Å². The first-order valence-corrected chi connectivity index (χ1v) is 11.7. The minimum atomic E-state index is -0.101. The minimum absolute atomic E-state index is 0.0217. The summed E-state index contributed by atoms with van der Waals surface area (Å²) in [5.41, 5.74) is 4.54. The average Bonchev–Trinajstić information content (AvgIpc) is 3.30. The van der Waals surface area contributed by atoms with Crippen molar-refractivity contribution in [3.8, 4) is 11.3 Å². The quantitative estimate of drug-likeness (QED) is 0.477. The molecule has 0 spiro atoms. The van der Waals surface area contributed by atoms with Crippen LogP contribution in [0.25, 0.3) is 11.3 Å². The van der Waals surface area contributed by atoms with Gasteiger partial charge in [-0.3, -0.25) is 9.48 Å². The lowest BCUT2D eigenvalue weighted by atomic mass is 10.0. The summed E-state index contributed by atoms with van der Waals surface area (Å²) in [6.07, 6.45) is 7.26. The highest BCUT2D eigenvalue weighted by Crippen LogP contribution is 2.24. The van der Waals surface area contributed by atoms with Crippen molar-refractivity contribution in [3.05, 3.63) is 95.9 Å². The Morgan fingerprint density at radius 2 is 1.79 bits per heavy atom. The number of amides is 1. The van der Waals surface area contributed by atoms with Gasteiger partial charge in [0.25, 0.3) is 5.91 Å². The maximum absolute atomic E-state index is 13.5. The highest BCUT2D eigenvalue weighted by molar-refractivity contribution is 6.00. The number of carbonyl (C=O) groups is 1. The van der Waals surface area contributed by atoms with Crippen molar-refractivity contribution in [2.75, 3.05) is 18.0 Å². The van der Waals surface area contributed by atoms with Crippen LogP contribution in [0.5, 0.6) is 0 Å². The van der Waals surface area contributed by atoms with E-state index in [1.165, 1.54) is 5.56 Å². The molecule has 0 aliphatic carbocycles. The Morgan fingerprint density at radius 3 is 2.56 bits per heavy atom. The first-order valence-electron chi connectivity index (χ1n) is 11.7. The number of benzene rings is 2. The van der Waals surface area contributed by atoms with Crippen LogP contribution in [0.3, 0.4) is 0 Å². The van der Waals surface area contributed by atoms with E-state index < -0.39 is 0 Å². The maximum atomic E-state index is 13.5. The van der Waals surface area contributed by atoms with Gasteiger partial charge in [0.2, 0.25) is 5.95 Å². The predicted molar refractivity (Wildman–Crippen MR) is 133 cm³/mol. The molecule has 5 rings (SSSR count). The molecule has 34 heavy (non-hydrogen) atoms. The number of hydrogen-bond acceptors (Lipinski definition) is 5. The normalized spacial score (nSPS) is 15.8. The summed E-state index contributed by atoms with van der Waals surface area (Å²) < 4.78 is 1.85. The van der Waals surface area contributed by atoms with E-state index in [1.807, 2.05) is 59.4 Å². The van der Waals surface area contributed by atoms with Crippen LogP contribution >= 0.6 is 0 Å². The van der Waals surface area contributed by atoms with Gasteiger partial charge in [-0.05, 0) is 31.4 Å². The molecular formula is C27H28N6O. The van der Waals surface area contributed by atoms with Gasteiger partial charge in [0.05, 0.1) is 12.1 Å². The second-order valence-electron chi connectivity index (χ2n) is 8.75. The van der Waals surface area contributed by atoms with Crippen molar-refractivity contribution in [2.45, 2.75) is 32.4 Å². The third kappa shape index (κ3) is 4.98. The fraction of sp³-hybridized carbons (Fsp3) is 0.259. The van der Waals surface area contributed by atoms with Gasteiger partial charge in [0, 0.05) is 43.3 Å². The molecule has 7 nitrogen and oxygen atoms in total. The van der Waals surface area contributed by atoms with Gasteiger partial charge in [0.15, 0.2) is 0 Å². The van der Waals surface area contributed by atoms with E-state index in [-0.39, 0.29) is 11.9 Å². The highest BCUT2D eigenvalue weighted by atomic mass is 16.1. The van der Waals surface area contributed by atoms with Crippen LogP contribution in [0, 0.1) is 6.92 Å². The summed E-state index contributed by atoms with van der Waals surface area (Å²) in [6.45, 7) is 4.24. The number of carbonyl (C=O) groups excluding carboxylic acids is 1. The molecule has 1 aliphatic heterocycles. The second kappa shape index (κ2) is 9.87. The first-order chi connectivity index (χ1) is 16.7. The van der Waals surface area contributed by atoms with E-state index in [1.54, 1.807) is 12.4 Å². The number of aromatic nitrogens is 4. The molecule has 7 heteroatoms. The largest absolute Gasteiger partial charge is 0.347 e. The third-order valence-electron chi connectivity index (χ3n) is 6.11. The summed E-state index contributed by atoms with van der Waals surface area (Å²) in [4.78, 5) is 24.3. The number of hydrogen-bond donors (Lipinski definition) is 1. The van der Waals surface area contributed by atoms with E-state index in [2.05, 4.69) is 39.2 Å². The van der Waals surface area contributed by atoms with E-state index in [4.69, 9.17) is 5.10 Å². The van der Waals surface area contributed by atoms with Crippen LogP contribution in [0.4, 0.5) is 5.95 Å². The zero-order chi connectivity index (χ0) is 23.3. The lowest BCUT2D eigenvalue weighted by Crippen LogP contribution is -2.48. The number of nitrogens with one attached hydrogen (secondary N) is 1. The van der Waals surface area contributed by atoms with Gasteiger partial charge in [-0.2, -0.15) is 5.10 Å². The van der Waals surface area contributed by atoms with Crippen molar-refractivity contribution >= 4 is 11.9 Å². The molecule has 1 aliphatic rings. The SMILES string of the molecule is Cc1ccc(-c2nn(Cc3ccccc3)cc2C(=O)NC2CCCN(c3ncccn3)C2)cc1. The van der Waals surface area contributed by atoms with Crippen molar-refractivity contribution in [1.82, 2.24) is 25.1 Å². The highest BCUT2D eigenvalue weighted by Gasteiger charge is 2.25. The van der Waals surface area contributed by atoms with Crippen molar-refractivity contribution in [2.24, 2.45) is 0 Å². The summed E-state index contributed by atoms with van der Waals surface area (Å²) in [6, 6.07) is 20.1. The van der Waals surface area contributed by atoms with Crippen LogP contribution in [0.1, 0.15) is 34.3 Å². The predicted octanol–water partition coefficient (Wildman–Crippen LogP) is 4.10. The molecule has 4 aromatic rings. The second-order valence-corrected chi connectivity index (χ2v) is 8.75. The summed E-state index contributed by atoms with van der Waals surface area (Å²) in [5, 5.41) is 8.05. The molecule has 1 fully saturated rings. The monoisotopic (exact) mass is 452 g/mol. The molecule has 1 amide bonds. The number of rotatable bonds is 6. The molecule has 172 valence electrons. The lowest BCUT2D eigenvalue weighted by molar-refractivity contribution is 0.0933. The smallest absolute Gasteiger partial charge is 0.255 e. The van der Waals surface area contributed by atoms with Crippen LogP contribution < -0.4 is 10.2 Å². The first kappa shape index (κ1) is 21.8. The standard InChI is InChI=1S/C27H28N6O/c1-20-10-12-22(13-11-20)25-24(19-33(31-25)17-21-7-3-2-4-8-21)26(34)30-23-9-5-16-32(18-23)27-28-14-6-15-29-27/h2-4,6-8,10-15,19,23H,5,9,16-18H2,1H3,(H,30,34). The van der Waals surface area contributed by atoms with Crippen molar-refractivity contribution < 1.29 is 4.79 Å². The maximum Gasteiger partial charge on any atom is 0.255 e. The summed E-state index contributed by atoms with van der Waals surface area (Å²) in [7, 11) is 0. The fourth-order valence-corrected chi connectivity index (χ4v) is 4.36. The molecule has 2 aromatic carbocycles. The Labute approximate surface area is 199 Å². The zero-order valence-electron chi connectivity index (χ0n) is 19.3. The van der Waals surface area contributed by atoms with E-state index in [0.29, 0.717) is 30.3 Å². The number of piperidine rings is 1. The Hall–Kier alpha value is -4.00. The Morgan fingerprint density at radius 1 is 1.03 bits per heavy atom. The summed E-state index contributed by atoms with van der Waals surface area (Å²) >= 11 is 0. The Kier molecular flexibility index (Phi) is 6.33. The Bertz CT molecular complexity index is 1240. The van der Waals surface area contributed by atoms with Crippen LogP contribution in [0.15, 0.2) is 79.3 Å². The number of anilines is 1. The van der Waals surface area contributed by atoms with E-state index in [9.17, 15) is 4.79 Å². The van der Waals surface area contributed by atoms with Crippen LogP contribution in [-0.4, -0.2) is 44.8 Å². The van der Waals surface area contributed by atoms with Gasteiger partial charge in [-0.25, -0.2) is 9.97 Å². The third-order valence-corrected chi connectivity index (χ3v) is 6.11. The topological polar surface area (TPSA) is 75.9 Å². The minimum Gasteiger partial charge on any atom is -0.347 e. The molecule has 1 unspecified atom stereocenters. The molecule has 0 radical (unpaired) electrons. The van der Waals surface area contributed by atoms with Crippen LogP contribution in [-0.2, 0) is 6.54 Å². The molecule has 1 saturated heterocycles. The molecule has 0 saturated carbocycles. The molecular weight excluding hydrogens is 424 g/mol. The molecule has 3 heterocycles. The molecule has 1 atom stereocenters. The van der Waals surface area contributed by atoms with Crippen LogP contribution in [0.2, 0.25) is 0 Å². The van der Waals surface area contributed by atoms with Crippen molar-refractivity contribution in [1.29, 1.82) is 0 Å². The fourth-order valence-electron chi connectivity index (χ4n) is 4.36. The zero-order valence-corrected chi connectivity index (χ0v) is 19.3. The van der Waals surface area contributed by atoms with Gasteiger partial charge in [0.1, 0.15) is 5.69 Å². The number of aryl methyl sites for hydroxylation is 1. The molecule has 0 bridgehead atoms. The molecule has 2 aromatic heterocycles. The molecule has 1 N–H and O–H groups in total. The Balaban J connectivity index is 1.38. The number of nitrogens with zero attached hydrogens (tertiary/aromatic N) is 5. The van der Waals surface area contributed by atoms with Gasteiger partial charge in [-0.1, -0.05) is 60.2 Å². The van der Waals surface area contributed by atoms with E-state index >= 15 is 0 Å².